The molecule has 0 aliphatic carbocycles. The molecule has 0 saturated carbocycles. The fourth-order valence-electron chi connectivity index (χ4n) is 2.06. The van der Waals surface area contributed by atoms with E-state index in [-0.39, 0.29) is 4.90 Å². The molecule has 0 amide bonds. The van der Waals surface area contributed by atoms with E-state index >= 15 is 0 Å². The zero-order chi connectivity index (χ0) is 17.5. The van der Waals surface area contributed by atoms with Gasteiger partial charge in [-0.2, -0.15) is 4.31 Å². The van der Waals surface area contributed by atoms with Crippen LogP contribution >= 0.6 is 12.2 Å². The van der Waals surface area contributed by atoms with Gasteiger partial charge in [0.2, 0.25) is 10.0 Å². The van der Waals surface area contributed by atoms with Crippen molar-refractivity contribution in [1.82, 2.24) is 9.62 Å². The Hall–Kier alpha value is -1.38. The maximum Gasteiger partial charge on any atom is 0.243 e. The minimum Gasteiger partial charge on any atom is -0.495 e. The van der Waals surface area contributed by atoms with Crippen molar-refractivity contribution in [2.45, 2.75) is 32.1 Å². The van der Waals surface area contributed by atoms with Crippen LogP contribution in [0.25, 0.3) is 0 Å². The van der Waals surface area contributed by atoms with E-state index < -0.39 is 10.0 Å². The van der Waals surface area contributed by atoms with Crippen molar-refractivity contribution >= 4 is 33.0 Å². The monoisotopic (exact) mass is 359 g/mol. The average Bonchev–Trinajstić information content (AvgIpc) is 2.53. The molecule has 130 valence electrons. The molecule has 0 aliphatic heterocycles. The summed E-state index contributed by atoms with van der Waals surface area (Å²) in [7, 11) is -2.00. The second-order valence-electron chi connectivity index (χ2n) is 4.83. The third-order valence-corrected chi connectivity index (χ3v) is 5.59. The standard InChI is InChI=1S/C15H25N3O3S2/c1-5-10-16-15(22)17-13-11-12(8-9-14(13)21-4)23(19,20)18(6-2)7-3/h8-9,11H,5-7,10H2,1-4H3,(H2,16,17,22). The largest absolute Gasteiger partial charge is 0.495 e. The molecule has 0 heterocycles. The van der Waals surface area contributed by atoms with Gasteiger partial charge in [-0.25, -0.2) is 8.42 Å². The first-order valence-corrected chi connectivity index (χ1v) is 9.48. The van der Waals surface area contributed by atoms with Crippen LogP contribution in [0.2, 0.25) is 0 Å². The molecule has 0 bridgehead atoms. The van der Waals surface area contributed by atoms with E-state index in [9.17, 15) is 8.42 Å². The number of anilines is 1. The summed E-state index contributed by atoms with van der Waals surface area (Å²) in [6.45, 7) is 7.24. The molecule has 1 aromatic carbocycles. The number of hydrogen-bond acceptors (Lipinski definition) is 4. The molecule has 2 N–H and O–H groups in total. The highest BCUT2D eigenvalue weighted by Crippen LogP contribution is 2.28. The molecular weight excluding hydrogens is 334 g/mol. The molecule has 0 unspecified atom stereocenters. The first kappa shape index (κ1) is 19.7. The van der Waals surface area contributed by atoms with Gasteiger partial charge < -0.3 is 15.4 Å². The summed E-state index contributed by atoms with van der Waals surface area (Å²) in [4.78, 5) is 0.211. The van der Waals surface area contributed by atoms with E-state index in [1.165, 1.54) is 11.4 Å². The summed E-state index contributed by atoms with van der Waals surface area (Å²) in [6.07, 6.45) is 0.940. The van der Waals surface area contributed by atoms with E-state index in [4.69, 9.17) is 17.0 Å². The van der Waals surface area contributed by atoms with Crippen molar-refractivity contribution < 1.29 is 13.2 Å². The number of hydrogen-bond donors (Lipinski definition) is 2. The number of methoxy groups -OCH3 is 1. The lowest BCUT2D eigenvalue weighted by atomic mass is 10.3. The van der Waals surface area contributed by atoms with E-state index in [0.717, 1.165) is 13.0 Å². The number of rotatable bonds is 8. The van der Waals surface area contributed by atoms with Crippen LogP contribution in [0.1, 0.15) is 27.2 Å². The minimum absolute atomic E-state index is 0.211. The van der Waals surface area contributed by atoms with Crippen LogP contribution < -0.4 is 15.4 Å². The molecule has 1 aromatic rings. The Labute approximate surface area is 144 Å². The zero-order valence-corrected chi connectivity index (χ0v) is 15.7. The highest BCUT2D eigenvalue weighted by molar-refractivity contribution is 7.89. The molecule has 0 radical (unpaired) electrons. The van der Waals surface area contributed by atoms with Crippen molar-refractivity contribution in [3.8, 4) is 5.75 Å². The van der Waals surface area contributed by atoms with Crippen LogP contribution in [0.3, 0.4) is 0 Å². The Kier molecular flexibility index (Phi) is 7.74. The lowest BCUT2D eigenvalue weighted by Crippen LogP contribution is -2.31. The summed E-state index contributed by atoms with van der Waals surface area (Å²) in [5, 5.41) is 6.47. The van der Waals surface area contributed by atoms with Gasteiger partial charge in [0.15, 0.2) is 5.11 Å². The van der Waals surface area contributed by atoms with Gasteiger partial charge in [-0.15, -0.1) is 0 Å². The van der Waals surface area contributed by atoms with Gasteiger partial charge in [-0.3, -0.25) is 0 Å². The van der Waals surface area contributed by atoms with Gasteiger partial charge in [-0.05, 0) is 36.8 Å². The third-order valence-electron chi connectivity index (χ3n) is 3.30. The smallest absolute Gasteiger partial charge is 0.243 e. The fraction of sp³-hybridized carbons (Fsp3) is 0.533. The van der Waals surface area contributed by atoms with Gasteiger partial charge >= 0.3 is 0 Å². The molecule has 1 rings (SSSR count). The van der Waals surface area contributed by atoms with Gasteiger partial charge in [0, 0.05) is 19.6 Å². The highest BCUT2D eigenvalue weighted by Gasteiger charge is 2.23. The van der Waals surface area contributed by atoms with Crippen molar-refractivity contribution in [3.63, 3.8) is 0 Å². The fourth-order valence-corrected chi connectivity index (χ4v) is 3.76. The molecule has 6 nitrogen and oxygen atoms in total. The van der Waals surface area contributed by atoms with Crippen molar-refractivity contribution in [1.29, 1.82) is 0 Å². The van der Waals surface area contributed by atoms with Crippen molar-refractivity contribution in [2.24, 2.45) is 0 Å². The summed E-state index contributed by atoms with van der Waals surface area (Å²) in [5.74, 6) is 0.532. The number of nitrogens with one attached hydrogen (secondary N) is 2. The minimum atomic E-state index is -3.53. The van der Waals surface area contributed by atoms with Gasteiger partial charge in [-0.1, -0.05) is 20.8 Å². The van der Waals surface area contributed by atoms with Crippen LogP contribution in [-0.4, -0.2) is 44.6 Å². The molecule has 0 aromatic heterocycles. The number of sulfonamides is 1. The van der Waals surface area contributed by atoms with Crippen LogP contribution in [0.4, 0.5) is 5.69 Å². The molecule has 8 heteroatoms. The average molecular weight is 360 g/mol. The molecule has 0 atom stereocenters. The molecule has 0 fully saturated rings. The number of nitrogens with zero attached hydrogens (tertiary/aromatic N) is 1. The van der Waals surface area contributed by atoms with Gasteiger partial charge in [0.05, 0.1) is 17.7 Å². The molecule has 0 spiro atoms. The maximum absolute atomic E-state index is 12.6. The summed E-state index contributed by atoms with van der Waals surface area (Å²) < 4.78 is 31.9. The first-order chi connectivity index (χ1) is 10.9. The molecule has 0 saturated heterocycles. The Morgan fingerprint density at radius 3 is 2.43 bits per heavy atom. The Morgan fingerprint density at radius 1 is 1.26 bits per heavy atom. The molecular formula is C15H25N3O3S2. The number of thiocarbonyl (C=S) groups is 1. The first-order valence-electron chi connectivity index (χ1n) is 7.63. The van der Waals surface area contributed by atoms with Crippen LogP contribution in [0.15, 0.2) is 23.1 Å². The lowest BCUT2D eigenvalue weighted by molar-refractivity contribution is 0.416. The predicted molar refractivity (Wildman–Crippen MR) is 97.6 cm³/mol. The van der Waals surface area contributed by atoms with Crippen LogP contribution in [0, 0.1) is 0 Å². The van der Waals surface area contributed by atoms with Crippen LogP contribution in [-0.2, 0) is 10.0 Å². The lowest BCUT2D eigenvalue weighted by Gasteiger charge is -2.20. The molecule has 23 heavy (non-hydrogen) atoms. The van der Waals surface area contributed by atoms with Gasteiger partial charge in [0.1, 0.15) is 5.75 Å². The topological polar surface area (TPSA) is 70.7 Å². The third kappa shape index (κ3) is 5.05. The maximum atomic E-state index is 12.6. The van der Waals surface area contributed by atoms with E-state index in [1.807, 2.05) is 20.8 Å². The highest BCUT2D eigenvalue weighted by atomic mass is 32.2. The SMILES string of the molecule is CCCNC(=S)Nc1cc(S(=O)(=O)N(CC)CC)ccc1OC. The van der Waals surface area contributed by atoms with Crippen molar-refractivity contribution in [3.05, 3.63) is 18.2 Å². The number of benzene rings is 1. The Bertz CT molecular complexity index is 629. The van der Waals surface area contributed by atoms with E-state index in [1.54, 1.807) is 18.2 Å². The summed E-state index contributed by atoms with van der Waals surface area (Å²) >= 11 is 5.21. The Morgan fingerprint density at radius 2 is 1.91 bits per heavy atom. The Balaban J connectivity index is 3.14. The zero-order valence-electron chi connectivity index (χ0n) is 14.0. The quantitative estimate of drug-likeness (QED) is 0.695. The summed E-state index contributed by atoms with van der Waals surface area (Å²) in [6, 6.07) is 4.72. The van der Waals surface area contributed by atoms with E-state index in [0.29, 0.717) is 29.6 Å². The predicted octanol–water partition coefficient (Wildman–Crippen LogP) is 2.42. The second kappa shape index (κ2) is 9.05. The van der Waals surface area contributed by atoms with E-state index in [2.05, 4.69) is 10.6 Å². The number of ether oxygens (including phenoxy) is 1. The second-order valence-corrected chi connectivity index (χ2v) is 7.18. The normalized spacial score (nSPS) is 11.3. The molecule has 0 aliphatic rings. The summed E-state index contributed by atoms with van der Waals surface area (Å²) in [5.41, 5.74) is 0.523. The van der Waals surface area contributed by atoms with Crippen molar-refractivity contribution in [2.75, 3.05) is 32.1 Å². The van der Waals surface area contributed by atoms with Crippen LogP contribution in [0.5, 0.6) is 5.75 Å². The van der Waals surface area contributed by atoms with Gasteiger partial charge in [0.25, 0.3) is 0 Å².